The number of halogens is 2. The minimum atomic E-state index is -0.930. The lowest BCUT2D eigenvalue weighted by Crippen LogP contribution is -2.45. The fraction of sp³-hybridized carbons (Fsp3) is 0.227. The normalized spacial score (nSPS) is 21.1. The van der Waals surface area contributed by atoms with Crippen molar-refractivity contribution in [2.75, 3.05) is 5.32 Å². The van der Waals surface area contributed by atoms with Gasteiger partial charge in [-0.2, -0.15) is 5.10 Å². The lowest BCUT2D eigenvalue weighted by atomic mass is 9.62. The van der Waals surface area contributed by atoms with Gasteiger partial charge in [0.05, 0.1) is 10.9 Å². The third-order valence-electron chi connectivity index (χ3n) is 5.52. The minimum Gasteiger partial charge on any atom is -0.323 e. The first-order valence-corrected chi connectivity index (χ1v) is 9.50. The second-order valence-corrected chi connectivity index (χ2v) is 7.57. The van der Waals surface area contributed by atoms with Crippen LogP contribution >= 0.6 is 0 Å². The molecular formula is C22H19F2N5. The van der Waals surface area contributed by atoms with Crippen LogP contribution in [0.4, 0.5) is 20.4 Å². The molecule has 146 valence electrons. The number of aromatic amines is 1. The highest BCUT2D eigenvalue weighted by Gasteiger charge is 2.50. The van der Waals surface area contributed by atoms with E-state index in [1.165, 1.54) is 12.1 Å². The molecule has 5 rings (SSSR count). The maximum atomic E-state index is 14.1. The Bertz CT molecular complexity index is 1180. The second-order valence-electron chi connectivity index (χ2n) is 7.57. The summed E-state index contributed by atoms with van der Waals surface area (Å²) in [5.74, 6) is 1.47. The molecule has 7 heteroatoms. The number of para-hydroxylation sites is 1. The number of fused-ring (bicyclic) bond motifs is 1. The molecule has 0 aliphatic heterocycles. The number of nitrogens with one attached hydrogen (secondary N) is 2. The zero-order valence-electron chi connectivity index (χ0n) is 15.8. The highest BCUT2D eigenvalue weighted by atomic mass is 19.1. The van der Waals surface area contributed by atoms with Crippen LogP contribution in [0.2, 0.25) is 0 Å². The van der Waals surface area contributed by atoms with Gasteiger partial charge in [-0.05, 0) is 49.6 Å². The van der Waals surface area contributed by atoms with Crippen molar-refractivity contribution < 1.29 is 8.78 Å². The van der Waals surface area contributed by atoms with E-state index in [2.05, 4.69) is 15.5 Å². The first-order chi connectivity index (χ1) is 14.0. The highest BCUT2D eigenvalue weighted by Crippen LogP contribution is 2.49. The van der Waals surface area contributed by atoms with Gasteiger partial charge in [0.2, 0.25) is 0 Å². The monoisotopic (exact) mass is 391 g/mol. The molecule has 1 fully saturated rings. The summed E-state index contributed by atoms with van der Waals surface area (Å²) in [7, 11) is 0. The third kappa shape index (κ3) is 3.03. The number of alkyl halides is 1. The van der Waals surface area contributed by atoms with E-state index in [1.54, 1.807) is 12.1 Å². The molecule has 0 spiro atoms. The van der Waals surface area contributed by atoms with E-state index in [9.17, 15) is 8.78 Å². The van der Waals surface area contributed by atoms with Crippen molar-refractivity contribution in [2.24, 2.45) is 0 Å². The van der Waals surface area contributed by atoms with Crippen molar-refractivity contribution in [2.45, 2.75) is 31.4 Å². The molecule has 1 saturated carbocycles. The summed E-state index contributed by atoms with van der Waals surface area (Å²) in [6, 6.07) is 15.7. The quantitative estimate of drug-likeness (QED) is 0.516. The van der Waals surface area contributed by atoms with Gasteiger partial charge in [-0.25, -0.2) is 18.7 Å². The van der Waals surface area contributed by atoms with Crippen molar-refractivity contribution in [3.05, 3.63) is 77.5 Å². The van der Waals surface area contributed by atoms with Gasteiger partial charge >= 0.3 is 0 Å². The maximum absolute atomic E-state index is 14.1. The summed E-state index contributed by atoms with van der Waals surface area (Å²) in [6.07, 6.45) is -0.379. The van der Waals surface area contributed by atoms with Crippen molar-refractivity contribution in [3.8, 4) is 0 Å². The van der Waals surface area contributed by atoms with Gasteiger partial charge in [-0.1, -0.05) is 24.3 Å². The number of nitrogens with zero attached hydrogens (tertiary/aromatic N) is 3. The van der Waals surface area contributed by atoms with Crippen LogP contribution in [-0.2, 0) is 5.41 Å². The summed E-state index contributed by atoms with van der Waals surface area (Å²) >= 11 is 0. The van der Waals surface area contributed by atoms with Crippen LogP contribution in [0, 0.1) is 12.7 Å². The number of rotatable bonds is 4. The lowest BCUT2D eigenvalue weighted by molar-refractivity contribution is 0.117. The van der Waals surface area contributed by atoms with Crippen molar-refractivity contribution in [1.29, 1.82) is 0 Å². The summed E-state index contributed by atoms with van der Waals surface area (Å²) in [5.41, 5.74) is 1.84. The SMILES string of the molecule is Cc1cc(Nc2nc(C3(c4ccc(F)cc4)CC(F)C3)nc3ccccc23)n[nH]1. The Balaban J connectivity index is 1.66. The number of aryl methyl sites for hydroxylation is 1. The smallest absolute Gasteiger partial charge is 0.153 e. The van der Waals surface area contributed by atoms with Gasteiger partial charge in [0.25, 0.3) is 0 Å². The first kappa shape index (κ1) is 17.7. The number of hydrogen-bond acceptors (Lipinski definition) is 4. The van der Waals surface area contributed by atoms with Crippen LogP contribution in [0.5, 0.6) is 0 Å². The molecule has 0 radical (unpaired) electrons. The summed E-state index contributed by atoms with van der Waals surface area (Å²) in [4.78, 5) is 9.57. The molecule has 2 aromatic heterocycles. The molecule has 29 heavy (non-hydrogen) atoms. The number of anilines is 2. The molecule has 5 nitrogen and oxygen atoms in total. The Morgan fingerprint density at radius 3 is 2.52 bits per heavy atom. The molecule has 2 aromatic carbocycles. The number of benzene rings is 2. The Labute approximate surface area is 166 Å². The van der Waals surface area contributed by atoms with Crippen molar-refractivity contribution in [3.63, 3.8) is 0 Å². The number of hydrogen-bond donors (Lipinski definition) is 2. The zero-order chi connectivity index (χ0) is 20.0. The zero-order valence-corrected chi connectivity index (χ0v) is 15.8. The Morgan fingerprint density at radius 2 is 1.83 bits per heavy atom. The lowest BCUT2D eigenvalue weighted by Gasteiger charge is -2.43. The molecule has 1 aliphatic carbocycles. The molecule has 4 aromatic rings. The summed E-state index contributed by atoms with van der Waals surface area (Å²) in [5, 5.41) is 11.2. The predicted octanol–water partition coefficient (Wildman–Crippen LogP) is 4.96. The van der Waals surface area contributed by atoms with Gasteiger partial charge < -0.3 is 5.32 Å². The summed E-state index contributed by atoms with van der Waals surface area (Å²) < 4.78 is 27.5. The van der Waals surface area contributed by atoms with E-state index < -0.39 is 11.6 Å². The van der Waals surface area contributed by atoms with E-state index in [0.29, 0.717) is 17.5 Å². The average molecular weight is 391 g/mol. The molecule has 0 amide bonds. The number of aromatic nitrogens is 4. The van der Waals surface area contributed by atoms with Crippen LogP contribution in [0.15, 0.2) is 54.6 Å². The molecule has 0 bridgehead atoms. The van der Waals surface area contributed by atoms with Crippen LogP contribution in [0.25, 0.3) is 10.9 Å². The van der Waals surface area contributed by atoms with Gasteiger partial charge in [-0.3, -0.25) is 5.10 Å². The van der Waals surface area contributed by atoms with E-state index >= 15 is 0 Å². The number of H-pyrrole nitrogens is 1. The molecule has 0 atom stereocenters. The Morgan fingerprint density at radius 1 is 1.07 bits per heavy atom. The van der Waals surface area contributed by atoms with E-state index in [4.69, 9.17) is 9.97 Å². The maximum Gasteiger partial charge on any atom is 0.153 e. The van der Waals surface area contributed by atoms with Gasteiger partial charge in [0.1, 0.15) is 23.6 Å². The average Bonchev–Trinajstić information content (AvgIpc) is 3.10. The first-order valence-electron chi connectivity index (χ1n) is 9.50. The van der Waals surface area contributed by atoms with Gasteiger partial charge in [-0.15, -0.1) is 0 Å². The molecule has 2 heterocycles. The highest BCUT2D eigenvalue weighted by molar-refractivity contribution is 5.90. The Kier molecular flexibility index (Phi) is 4.04. The summed E-state index contributed by atoms with van der Waals surface area (Å²) in [6.45, 7) is 1.92. The fourth-order valence-electron chi connectivity index (χ4n) is 4.00. The standard InChI is InChI=1S/C22H19F2N5/c1-13-10-19(29-28-13)26-20-17-4-2-3-5-18(17)25-21(27-20)22(11-16(24)12-22)14-6-8-15(23)9-7-14/h2-10,16H,11-12H2,1H3,(H2,25,26,27,28,29). The molecular weight excluding hydrogens is 372 g/mol. The largest absolute Gasteiger partial charge is 0.323 e. The molecule has 1 aliphatic rings. The topological polar surface area (TPSA) is 66.5 Å². The van der Waals surface area contributed by atoms with E-state index in [-0.39, 0.29) is 18.7 Å². The molecule has 2 N–H and O–H groups in total. The predicted molar refractivity (Wildman–Crippen MR) is 107 cm³/mol. The second kappa shape index (κ2) is 6.62. The third-order valence-corrected chi connectivity index (χ3v) is 5.52. The van der Waals surface area contributed by atoms with E-state index in [1.807, 2.05) is 37.3 Å². The Hall–Kier alpha value is -3.35. The van der Waals surface area contributed by atoms with Crippen LogP contribution in [-0.4, -0.2) is 26.3 Å². The van der Waals surface area contributed by atoms with Crippen LogP contribution in [0.1, 0.15) is 29.9 Å². The van der Waals surface area contributed by atoms with Crippen molar-refractivity contribution >= 4 is 22.5 Å². The van der Waals surface area contributed by atoms with Crippen LogP contribution in [0.3, 0.4) is 0 Å². The molecule has 0 unspecified atom stereocenters. The van der Waals surface area contributed by atoms with Gasteiger partial charge in [0, 0.05) is 17.1 Å². The van der Waals surface area contributed by atoms with E-state index in [0.717, 1.165) is 22.2 Å². The minimum absolute atomic E-state index is 0.276. The fourth-order valence-corrected chi connectivity index (χ4v) is 4.00. The van der Waals surface area contributed by atoms with Crippen LogP contribution < -0.4 is 5.32 Å². The van der Waals surface area contributed by atoms with Crippen molar-refractivity contribution in [1.82, 2.24) is 20.2 Å². The molecule has 0 saturated heterocycles. The van der Waals surface area contributed by atoms with Gasteiger partial charge in [0.15, 0.2) is 5.82 Å².